The Morgan fingerprint density at radius 3 is 2.70 bits per heavy atom. The normalized spacial score (nSPS) is 17.6. The summed E-state index contributed by atoms with van der Waals surface area (Å²) in [6, 6.07) is 6.22. The van der Waals surface area contributed by atoms with Gasteiger partial charge in [0.05, 0.1) is 29.3 Å². The molecule has 1 amide bonds. The Balaban J connectivity index is 1.53. The number of aryl methyl sites for hydroxylation is 2. The molecule has 1 aliphatic rings. The molecule has 0 radical (unpaired) electrons. The van der Waals surface area contributed by atoms with E-state index in [1.54, 1.807) is 12.1 Å². The van der Waals surface area contributed by atoms with Crippen LogP contribution in [-0.4, -0.2) is 20.8 Å². The van der Waals surface area contributed by atoms with Gasteiger partial charge < -0.3 is 9.84 Å². The van der Waals surface area contributed by atoms with Crippen molar-refractivity contribution in [1.82, 2.24) is 20.3 Å². The van der Waals surface area contributed by atoms with E-state index in [9.17, 15) is 9.18 Å². The molecule has 2 aromatic heterocycles. The number of halogens is 1. The Labute approximate surface area is 175 Å². The van der Waals surface area contributed by atoms with Gasteiger partial charge in [-0.2, -0.15) is 5.10 Å². The van der Waals surface area contributed by atoms with Crippen LogP contribution in [0.4, 0.5) is 4.39 Å². The van der Waals surface area contributed by atoms with Crippen molar-refractivity contribution in [1.29, 1.82) is 0 Å². The molecule has 4 rings (SSSR count). The molecule has 7 heteroatoms. The summed E-state index contributed by atoms with van der Waals surface area (Å²) >= 11 is 0. The fourth-order valence-electron chi connectivity index (χ4n) is 4.34. The Morgan fingerprint density at radius 1 is 1.30 bits per heavy atom. The van der Waals surface area contributed by atoms with Crippen molar-refractivity contribution in [3.05, 3.63) is 64.6 Å². The molecule has 30 heavy (non-hydrogen) atoms. The number of aromatic nitrogens is 3. The monoisotopic (exact) mass is 410 g/mol. The second kappa shape index (κ2) is 7.70. The summed E-state index contributed by atoms with van der Waals surface area (Å²) in [5, 5.41) is 11.7. The first-order valence-electron chi connectivity index (χ1n) is 10.3. The molecule has 0 saturated heterocycles. The zero-order chi connectivity index (χ0) is 21.5. The zero-order valence-corrected chi connectivity index (χ0v) is 17.8. The van der Waals surface area contributed by atoms with Crippen molar-refractivity contribution in [2.45, 2.75) is 59.4 Å². The highest BCUT2D eigenvalue weighted by Crippen LogP contribution is 2.41. The molecule has 1 aliphatic carbocycles. The van der Waals surface area contributed by atoms with Crippen molar-refractivity contribution in [3.63, 3.8) is 0 Å². The van der Waals surface area contributed by atoms with Crippen LogP contribution in [0.1, 0.15) is 61.0 Å². The van der Waals surface area contributed by atoms with Gasteiger partial charge in [-0.25, -0.2) is 9.07 Å². The first kappa shape index (κ1) is 20.3. The second-order valence-electron chi connectivity index (χ2n) is 8.90. The lowest BCUT2D eigenvalue weighted by molar-refractivity contribution is -0.122. The molecular formula is C23H27FN4O2. The molecule has 1 unspecified atom stereocenters. The van der Waals surface area contributed by atoms with Gasteiger partial charge in [-0.3, -0.25) is 4.79 Å². The summed E-state index contributed by atoms with van der Waals surface area (Å²) in [4.78, 5) is 12.7. The number of nitrogens with zero attached hydrogens (tertiary/aromatic N) is 3. The minimum absolute atomic E-state index is 0.00168. The van der Waals surface area contributed by atoms with Gasteiger partial charge >= 0.3 is 0 Å². The Hall–Kier alpha value is -2.96. The molecule has 0 aliphatic heterocycles. The van der Waals surface area contributed by atoms with E-state index in [0.29, 0.717) is 12.8 Å². The van der Waals surface area contributed by atoms with Crippen LogP contribution in [0.2, 0.25) is 0 Å². The van der Waals surface area contributed by atoms with E-state index in [-0.39, 0.29) is 23.2 Å². The minimum Gasteiger partial charge on any atom is -0.361 e. The average Bonchev–Trinajstić information content (AvgIpc) is 3.23. The SMILES string of the molecule is Cc1noc(C)c1CCC(=O)NC1CC(C)(C)Cc2c1cnn2-c1ccc(F)cc1. The van der Waals surface area contributed by atoms with Crippen molar-refractivity contribution < 1.29 is 13.7 Å². The Kier molecular flexibility index (Phi) is 5.22. The molecule has 1 N–H and O–H groups in total. The predicted octanol–water partition coefficient (Wildman–Crippen LogP) is 4.38. The lowest BCUT2D eigenvalue weighted by Gasteiger charge is -2.36. The van der Waals surface area contributed by atoms with Gasteiger partial charge in [-0.15, -0.1) is 0 Å². The van der Waals surface area contributed by atoms with Gasteiger partial charge in [0.1, 0.15) is 11.6 Å². The smallest absolute Gasteiger partial charge is 0.220 e. The standard InChI is InChI=1S/C23H27FN4O2/c1-14-18(15(2)30-27-14)9-10-22(29)26-20-11-23(3,4)12-21-19(20)13-25-28(21)17-7-5-16(24)6-8-17/h5-8,13,20H,9-12H2,1-4H3,(H,26,29). The molecule has 2 heterocycles. The van der Waals surface area contributed by atoms with Crippen LogP contribution in [-0.2, 0) is 17.6 Å². The van der Waals surface area contributed by atoms with E-state index in [4.69, 9.17) is 4.52 Å². The molecule has 158 valence electrons. The number of nitrogens with one attached hydrogen (secondary N) is 1. The number of fused-ring (bicyclic) bond motifs is 1. The first-order valence-corrected chi connectivity index (χ1v) is 10.3. The highest BCUT2D eigenvalue weighted by Gasteiger charge is 2.36. The van der Waals surface area contributed by atoms with Gasteiger partial charge in [0.25, 0.3) is 0 Å². The molecule has 1 aromatic carbocycles. The molecule has 0 bridgehead atoms. The number of carbonyl (C=O) groups is 1. The minimum atomic E-state index is -0.275. The van der Waals surface area contributed by atoms with Crippen LogP contribution in [0.25, 0.3) is 5.69 Å². The highest BCUT2D eigenvalue weighted by atomic mass is 19.1. The number of amides is 1. The van der Waals surface area contributed by atoms with Crippen molar-refractivity contribution in [2.75, 3.05) is 0 Å². The summed E-state index contributed by atoms with van der Waals surface area (Å²) in [6.45, 7) is 8.15. The number of hydrogen-bond acceptors (Lipinski definition) is 4. The van der Waals surface area contributed by atoms with Gasteiger partial charge in [0, 0.05) is 17.5 Å². The maximum Gasteiger partial charge on any atom is 0.220 e. The molecule has 1 atom stereocenters. The van der Waals surface area contributed by atoms with Crippen molar-refractivity contribution >= 4 is 5.91 Å². The van der Waals surface area contributed by atoms with E-state index in [2.05, 4.69) is 29.4 Å². The van der Waals surface area contributed by atoms with E-state index >= 15 is 0 Å². The third kappa shape index (κ3) is 4.01. The van der Waals surface area contributed by atoms with Crippen LogP contribution < -0.4 is 5.32 Å². The number of benzene rings is 1. The first-order chi connectivity index (χ1) is 14.2. The number of carbonyl (C=O) groups excluding carboxylic acids is 1. The van der Waals surface area contributed by atoms with Gasteiger partial charge in [0.15, 0.2) is 0 Å². The number of rotatable bonds is 5. The number of hydrogen-bond donors (Lipinski definition) is 1. The maximum absolute atomic E-state index is 13.3. The summed E-state index contributed by atoms with van der Waals surface area (Å²) in [5.74, 6) is 0.490. The lowest BCUT2D eigenvalue weighted by Crippen LogP contribution is -2.36. The van der Waals surface area contributed by atoms with Crippen molar-refractivity contribution in [3.8, 4) is 5.69 Å². The van der Waals surface area contributed by atoms with E-state index in [1.165, 1.54) is 12.1 Å². The Bertz CT molecular complexity index is 1050. The summed E-state index contributed by atoms with van der Waals surface area (Å²) in [5.41, 5.74) is 4.75. The van der Waals surface area contributed by atoms with E-state index < -0.39 is 0 Å². The van der Waals surface area contributed by atoms with E-state index in [1.807, 2.05) is 24.7 Å². The van der Waals surface area contributed by atoms with Crippen LogP contribution in [0.5, 0.6) is 0 Å². The van der Waals surface area contributed by atoms with Crippen LogP contribution in [0.3, 0.4) is 0 Å². The third-order valence-electron chi connectivity index (χ3n) is 5.87. The molecule has 3 aromatic rings. The average molecular weight is 410 g/mol. The fourth-order valence-corrected chi connectivity index (χ4v) is 4.34. The Morgan fingerprint density at radius 2 is 2.03 bits per heavy atom. The van der Waals surface area contributed by atoms with Gasteiger partial charge in [-0.05, 0) is 62.8 Å². The summed E-state index contributed by atoms with van der Waals surface area (Å²) < 4.78 is 20.4. The van der Waals surface area contributed by atoms with Gasteiger partial charge in [-0.1, -0.05) is 19.0 Å². The maximum atomic E-state index is 13.3. The van der Waals surface area contributed by atoms with Gasteiger partial charge in [0.2, 0.25) is 5.91 Å². The molecule has 0 saturated carbocycles. The largest absolute Gasteiger partial charge is 0.361 e. The molecule has 6 nitrogen and oxygen atoms in total. The zero-order valence-electron chi connectivity index (χ0n) is 17.8. The van der Waals surface area contributed by atoms with E-state index in [0.717, 1.165) is 46.8 Å². The fraction of sp³-hybridized carbons (Fsp3) is 0.435. The van der Waals surface area contributed by atoms with Crippen molar-refractivity contribution in [2.24, 2.45) is 5.41 Å². The van der Waals surface area contributed by atoms with Crippen LogP contribution >= 0.6 is 0 Å². The molecule has 0 spiro atoms. The second-order valence-corrected chi connectivity index (χ2v) is 8.90. The highest BCUT2D eigenvalue weighted by molar-refractivity contribution is 5.77. The molecule has 0 fully saturated rings. The van der Waals surface area contributed by atoms with Crippen LogP contribution in [0.15, 0.2) is 35.0 Å². The predicted molar refractivity (Wildman–Crippen MR) is 111 cm³/mol. The molecular weight excluding hydrogens is 383 g/mol. The van der Waals surface area contributed by atoms with Crippen LogP contribution in [0, 0.1) is 25.1 Å². The third-order valence-corrected chi connectivity index (χ3v) is 5.87. The summed E-state index contributed by atoms with van der Waals surface area (Å²) in [7, 11) is 0. The summed E-state index contributed by atoms with van der Waals surface area (Å²) in [6.07, 6.45) is 4.48. The topological polar surface area (TPSA) is 73.0 Å². The lowest BCUT2D eigenvalue weighted by atomic mass is 9.74. The quantitative estimate of drug-likeness (QED) is 0.678.